The van der Waals surface area contributed by atoms with E-state index in [4.69, 9.17) is 13.9 Å². The Morgan fingerprint density at radius 1 is 1.12 bits per heavy atom. The fraction of sp³-hybridized carbons (Fsp3) is 0.360. The third kappa shape index (κ3) is 4.78. The van der Waals surface area contributed by atoms with Crippen LogP contribution < -0.4 is 20.4 Å². The summed E-state index contributed by atoms with van der Waals surface area (Å²) in [5, 5.41) is 3.36. The number of anilines is 1. The number of nitrogens with zero attached hydrogens (tertiary/aromatic N) is 1. The molecule has 32 heavy (non-hydrogen) atoms. The molecular weight excluding hydrogens is 408 g/mol. The second-order valence-electron chi connectivity index (χ2n) is 8.26. The number of methoxy groups -OCH3 is 1. The van der Waals surface area contributed by atoms with Gasteiger partial charge in [0.15, 0.2) is 11.3 Å². The number of benzene rings is 2. The molecule has 0 radical (unpaired) electrons. The maximum absolute atomic E-state index is 12.8. The number of ether oxygens (including phenoxy) is 2. The minimum atomic E-state index is -0.734. The summed E-state index contributed by atoms with van der Waals surface area (Å²) in [7, 11) is 1.52. The summed E-state index contributed by atoms with van der Waals surface area (Å²) in [5.41, 5.74) is 1.27. The van der Waals surface area contributed by atoms with Gasteiger partial charge in [0, 0.05) is 17.6 Å². The van der Waals surface area contributed by atoms with Gasteiger partial charge in [-0.25, -0.2) is 4.79 Å². The van der Waals surface area contributed by atoms with Crippen molar-refractivity contribution in [3.05, 3.63) is 64.0 Å². The molecule has 7 nitrogen and oxygen atoms in total. The number of carbonyl (C=O) groups excluding carboxylic acids is 1. The lowest BCUT2D eigenvalue weighted by molar-refractivity contribution is 0.102. The van der Waals surface area contributed by atoms with Crippen LogP contribution in [-0.4, -0.2) is 37.1 Å². The van der Waals surface area contributed by atoms with Gasteiger partial charge in [0.2, 0.25) is 5.75 Å². The molecule has 1 aliphatic rings. The molecule has 1 aromatic heterocycles. The number of carbonyl (C=O) groups is 1. The first-order chi connectivity index (χ1) is 15.4. The fourth-order valence-corrected chi connectivity index (χ4v) is 3.90. The highest BCUT2D eigenvalue weighted by molar-refractivity contribution is 6.05. The molecule has 1 fully saturated rings. The molecule has 0 saturated carbocycles. The first kappa shape index (κ1) is 21.9. The van der Waals surface area contributed by atoms with Crippen molar-refractivity contribution in [2.24, 2.45) is 0 Å². The Kier molecular flexibility index (Phi) is 6.46. The average molecular weight is 437 g/mol. The van der Waals surface area contributed by atoms with E-state index in [-0.39, 0.29) is 17.3 Å². The predicted molar refractivity (Wildman–Crippen MR) is 124 cm³/mol. The minimum absolute atomic E-state index is 0.0701. The monoisotopic (exact) mass is 436 g/mol. The maximum Gasteiger partial charge on any atom is 0.349 e. The molecule has 4 rings (SSSR count). The quantitative estimate of drug-likeness (QED) is 0.552. The SMILES string of the molecule is COc1ccc2cc(C(=O)Nc3ccc(CN4CCCC4)cc3)c(=O)oc2c1OC(C)C. The molecule has 7 heteroatoms. The van der Waals surface area contributed by atoms with E-state index < -0.39 is 11.5 Å². The second-order valence-corrected chi connectivity index (χ2v) is 8.26. The summed E-state index contributed by atoms with van der Waals surface area (Å²) in [6, 6.07) is 12.7. The van der Waals surface area contributed by atoms with Gasteiger partial charge in [-0.3, -0.25) is 9.69 Å². The maximum atomic E-state index is 12.8. The van der Waals surface area contributed by atoms with Crippen molar-refractivity contribution in [1.29, 1.82) is 0 Å². The fourth-order valence-electron chi connectivity index (χ4n) is 3.90. The number of rotatable bonds is 7. The van der Waals surface area contributed by atoms with Crippen LogP contribution in [0.3, 0.4) is 0 Å². The highest BCUT2D eigenvalue weighted by atomic mass is 16.5. The van der Waals surface area contributed by atoms with Gasteiger partial charge < -0.3 is 19.2 Å². The Hall–Kier alpha value is -3.32. The topological polar surface area (TPSA) is 81.0 Å². The van der Waals surface area contributed by atoms with Crippen LogP contribution in [0.15, 0.2) is 51.7 Å². The largest absolute Gasteiger partial charge is 0.493 e. The molecule has 1 aliphatic heterocycles. The Morgan fingerprint density at radius 3 is 2.50 bits per heavy atom. The molecule has 2 aromatic carbocycles. The zero-order valence-electron chi connectivity index (χ0n) is 18.6. The Bertz CT molecular complexity index is 1160. The van der Waals surface area contributed by atoms with Crippen LogP contribution in [0, 0.1) is 0 Å². The van der Waals surface area contributed by atoms with Crippen molar-refractivity contribution in [3.63, 3.8) is 0 Å². The molecule has 0 atom stereocenters. The first-order valence-electron chi connectivity index (χ1n) is 10.9. The highest BCUT2D eigenvalue weighted by Gasteiger charge is 2.19. The van der Waals surface area contributed by atoms with Gasteiger partial charge in [0.25, 0.3) is 5.91 Å². The number of likely N-dealkylation sites (tertiary alicyclic amines) is 1. The minimum Gasteiger partial charge on any atom is -0.493 e. The smallest absolute Gasteiger partial charge is 0.349 e. The lowest BCUT2D eigenvalue weighted by Crippen LogP contribution is -2.21. The van der Waals surface area contributed by atoms with Crippen molar-refractivity contribution in [2.75, 3.05) is 25.5 Å². The Balaban J connectivity index is 1.55. The van der Waals surface area contributed by atoms with E-state index in [2.05, 4.69) is 10.2 Å². The third-order valence-corrected chi connectivity index (χ3v) is 5.46. The molecule has 3 aromatic rings. The van der Waals surface area contributed by atoms with Gasteiger partial charge in [0.05, 0.1) is 13.2 Å². The van der Waals surface area contributed by atoms with E-state index in [0.29, 0.717) is 22.6 Å². The van der Waals surface area contributed by atoms with Gasteiger partial charge in [-0.15, -0.1) is 0 Å². The second kappa shape index (κ2) is 9.44. The van der Waals surface area contributed by atoms with Crippen molar-refractivity contribution >= 4 is 22.6 Å². The normalized spacial score (nSPS) is 14.1. The van der Waals surface area contributed by atoms with Crippen LogP contribution in [0.2, 0.25) is 0 Å². The molecule has 0 unspecified atom stereocenters. The van der Waals surface area contributed by atoms with Crippen molar-refractivity contribution in [2.45, 2.75) is 39.3 Å². The zero-order valence-corrected chi connectivity index (χ0v) is 18.6. The lowest BCUT2D eigenvalue weighted by atomic mass is 10.1. The number of hydrogen-bond donors (Lipinski definition) is 1. The summed E-state index contributed by atoms with van der Waals surface area (Å²) in [5.74, 6) is 0.285. The summed E-state index contributed by atoms with van der Waals surface area (Å²) in [4.78, 5) is 27.8. The van der Waals surface area contributed by atoms with Gasteiger partial charge in [-0.2, -0.15) is 0 Å². The van der Waals surface area contributed by atoms with Gasteiger partial charge >= 0.3 is 5.63 Å². The highest BCUT2D eigenvalue weighted by Crippen LogP contribution is 2.36. The molecule has 1 N–H and O–H groups in total. The van der Waals surface area contributed by atoms with Gasteiger partial charge in [-0.1, -0.05) is 12.1 Å². The molecular formula is C25H28N2O5. The zero-order chi connectivity index (χ0) is 22.7. The molecule has 1 saturated heterocycles. The predicted octanol–water partition coefficient (Wildman–Crippen LogP) is 4.44. The van der Waals surface area contributed by atoms with E-state index in [1.54, 1.807) is 12.1 Å². The lowest BCUT2D eigenvalue weighted by Gasteiger charge is -2.15. The van der Waals surface area contributed by atoms with Crippen LogP contribution >= 0.6 is 0 Å². The Labute approximate surface area is 186 Å². The first-order valence-corrected chi connectivity index (χ1v) is 10.9. The standard InChI is InChI=1S/C25H28N2O5/c1-16(2)31-23-21(30-3)11-8-18-14-20(25(29)32-22(18)23)24(28)26-19-9-6-17(7-10-19)15-27-12-4-5-13-27/h6-11,14,16H,4-5,12-13,15H2,1-3H3,(H,26,28). The van der Waals surface area contributed by atoms with E-state index in [9.17, 15) is 9.59 Å². The number of hydrogen-bond acceptors (Lipinski definition) is 6. The van der Waals surface area contributed by atoms with E-state index in [1.807, 2.05) is 38.1 Å². The molecule has 168 valence electrons. The summed E-state index contributed by atoms with van der Waals surface area (Å²) < 4.78 is 16.6. The molecule has 1 amide bonds. The molecule has 2 heterocycles. The van der Waals surface area contributed by atoms with Crippen molar-refractivity contribution in [3.8, 4) is 11.5 Å². The van der Waals surface area contributed by atoms with Crippen LogP contribution in [0.4, 0.5) is 5.69 Å². The van der Waals surface area contributed by atoms with E-state index >= 15 is 0 Å². The molecule has 0 spiro atoms. The molecule has 0 bridgehead atoms. The van der Waals surface area contributed by atoms with Crippen LogP contribution in [0.5, 0.6) is 11.5 Å². The van der Waals surface area contributed by atoms with Crippen molar-refractivity contribution in [1.82, 2.24) is 4.90 Å². The number of nitrogens with one attached hydrogen (secondary N) is 1. The van der Waals surface area contributed by atoms with Crippen LogP contribution in [0.1, 0.15) is 42.6 Å². The number of fused-ring (bicyclic) bond motifs is 1. The van der Waals surface area contributed by atoms with Crippen molar-refractivity contribution < 1.29 is 18.7 Å². The van der Waals surface area contributed by atoms with Gasteiger partial charge in [0.1, 0.15) is 5.56 Å². The van der Waals surface area contributed by atoms with Gasteiger partial charge in [-0.05, 0) is 75.7 Å². The third-order valence-electron chi connectivity index (χ3n) is 5.46. The summed E-state index contributed by atoms with van der Waals surface area (Å²) in [6.07, 6.45) is 2.36. The van der Waals surface area contributed by atoms with E-state index in [1.165, 1.54) is 31.6 Å². The van der Waals surface area contributed by atoms with Crippen LogP contribution in [-0.2, 0) is 6.54 Å². The molecule has 0 aliphatic carbocycles. The van der Waals surface area contributed by atoms with E-state index in [0.717, 1.165) is 19.6 Å². The summed E-state index contributed by atoms with van der Waals surface area (Å²) in [6.45, 7) is 6.91. The summed E-state index contributed by atoms with van der Waals surface area (Å²) >= 11 is 0. The van der Waals surface area contributed by atoms with Crippen LogP contribution in [0.25, 0.3) is 11.0 Å². The Morgan fingerprint density at radius 2 is 1.84 bits per heavy atom. The number of amides is 1. The average Bonchev–Trinajstić information content (AvgIpc) is 3.28.